The van der Waals surface area contributed by atoms with Gasteiger partial charge in [0.25, 0.3) is 5.22 Å². The van der Waals surface area contributed by atoms with Crippen LogP contribution in [0.1, 0.15) is 20.8 Å². The summed E-state index contributed by atoms with van der Waals surface area (Å²) in [6.07, 6.45) is 0. The Labute approximate surface area is 136 Å². The molecule has 1 heterocycles. The Hall–Kier alpha value is -1.34. The van der Waals surface area contributed by atoms with Gasteiger partial charge in [0.1, 0.15) is 0 Å². The highest BCUT2D eigenvalue weighted by Crippen LogP contribution is 2.25. The van der Waals surface area contributed by atoms with E-state index in [9.17, 15) is 4.79 Å². The van der Waals surface area contributed by atoms with Crippen molar-refractivity contribution in [2.75, 3.05) is 5.75 Å². The minimum atomic E-state index is -0.242. The van der Waals surface area contributed by atoms with E-state index in [0.29, 0.717) is 11.1 Å². The monoisotopic (exact) mass is 369 g/mol. The minimum Gasteiger partial charge on any atom is -0.411 e. The van der Waals surface area contributed by atoms with Gasteiger partial charge in [0.05, 0.1) is 5.75 Å². The number of nitrogens with zero attached hydrogens (tertiary/aromatic N) is 2. The Morgan fingerprint density at radius 1 is 1.38 bits per heavy atom. The lowest BCUT2D eigenvalue weighted by Gasteiger charge is -2.19. The van der Waals surface area contributed by atoms with E-state index < -0.39 is 0 Å². The van der Waals surface area contributed by atoms with Crippen LogP contribution in [0.3, 0.4) is 0 Å². The standard InChI is InChI=1S/C14H16BrN3O2S/c1-14(2,3)16-11(19)8-21-13-18-17-12(20-13)9-5-4-6-10(15)7-9/h4-7H,8H2,1-3H3,(H,16,19). The summed E-state index contributed by atoms with van der Waals surface area (Å²) in [5.74, 6) is 0.627. The van der Waals surface area contributed by atoms with Gasteiger partial charge in [0.15, 0.2) is 0 Å². The quantitative estimate of drug-likeness (QED) is 0.835. The third-order valence-electron chi connectivity index (χ3n) is 2.32. The van der Waals surface area contributed by atoms with E-state index in [0.717, 1.165) is 10.0 Å². The smallest absolute Gasteiger partial charge is 0.277 e. The fourth-order valence-corrected chi connectivity index (χ4v) is 2.55. The predicted octanol–water partition coefficient (Wildman–Crippen LogP) is 3.51. The number of carbonyl (C=O) groups is 1. The zero-order valence-electron chi connectivity index (χ0n) is 12.0. The number of thioether (sulfide) groups is 1. The van der Waals surface area contributed by atoms with Crippen LogP contribution in [0.2, 0.25) is 0 Å². The molecule has 0 fully saturated rings. The average molecular weight is 370 g/mol. The molecule has 1 N–H and O–H groups in total. The second-order valence-electron chi connectivity index (χ2n) is 5.47. The number of amides is 1. The van der Waals surface area contributed by atoms with Crippen molar-refractivity contribution < 1.29 is 9.21 Å². The van der Waals surface area contributed by atoms with Gasteiger partial charge in [-0.25, -0.2) is 0 Å². The van der Waals surface area contributed by atoms with Crippen molar-refractivity contribution in [2.24, 2.45) is 0 Å². The molecule has 0 aliphatic carbocycles. The molecular formula is C14H16BrN3O2S. The van der Waals surface area contributed by atoms with E-state index in [2.05, 4.69) is 31.4 Å². The molecule has 0 saturated carbocycles. The molecule has 2 rings (SSSR count). The molecule has 0 aliphatic heterocycles. The van der Waals surface area contributed by atoms with Gasteiger partial charge < -0.3 is 9.73 Å². The Bertz CT molecular complexity index is 637. The topological polar surface area (TPSA) is 68.0 Å². The van der Waals surface area contributed by atoms with Crippen LogP contribution in [0, 0.1) is 0 Å². The Morgan fingerprint density at radius 2 is 2.14 bits per heavy atom. The third kappa shape index (κ3) is 5.17. The first-order valence-electron chi connectivity index (χ1n) is 6.37. The van der Waals surface area contributed by atoms with Gasteiger partial charge in [0, 0.05) is 15.6 Å². The SMILES string of the molecule is CC(C)(C)NC(=O)CSc1nnc(-c2cccc(Br)c2)o1. The fourth-order valence-electron chi connectivity index (χ4n) is 1.59. The predicted molar refractivity (Wildman–Crippen MR) is 86.1 cm³/mol. The normalized spacial score (nSPS) is 11.4. The minimum absolute atomic E-state index is 0.0605. The second-order valence-corrected chi connectivity index (χ2v) is 7.31. The molecule has 0 aliphatic rings. The van der Waals surface area contributed by atoms with Crippen LogP contribution in [-0.2, 0) is 4.79 Å². The first-order valence-corrected chi connectivity index (χ1v) is 8.14. The highest BCUT2D eigenvalue weighted by Gasteiger charge is 2.15. The lowest BCUT2D eigenvalue weighted by molar-refractivity contribution is -0.119. The van der Waals surface area contributed by atoms with Gasteiger partial charge in [-0.2, -0.15) is 0 Å². The van der Waals surface area contributed by atoms with Gasteiger partial charge in [-0.1, -0.05) is 33.8 Å². The van der Waals surface area contributed by atoms with Gasteiger partial charge >= 0.3 is 0 Å². The van der Waals surface area contributed by atoms with E-state index in [1.807, 2.05) is 45.0 Å². The van der Waals surface area contributed by atoms with Crippen molar-refractivity contribution in [1.29, 1.82) is 0 Å². The second kappa shape index (κ2) is 6.62. The summed E-state index contributed by atoms with van der Waals surface area (Å²) in [6.45, 7) is 5.81. The number of nitrogens with one attached hydrogen (secondary N) is 1. The van der Waals surface area contributed by atoms with Gasteiger partial charge in [-0.3, -0.25) is 4.79 Å². The summed E-state index contributed by atoms with van der Waals surface area (Å²) in [6, 6.07) is 7.60. The summed E-state index contributed by atoms with van der Waals surface area (Å²) >= 11 is 4.62. The van der Waals surface area contributed by atoms with Crippen molar-refractivity contribution in [3.8, 4) is 11.5 Å². The first-order chi connectivity index (χ1) is 9.83. The molecule has 0 radical (unpaired) electrons. The number of rotatable bonds is 4. The molecule has 21 heavy (non-hydrogen) atoms. The highest BCUT2D eigenvalue weighted by atomic mass is 79.9. The Morgan fingerprint density at radius 3 is 2.81 bits per heavy atom. The third-order valence-corrected chi connectivity index (χ3v) is 3.63. The van der Waals surface area contributed by atoms with Crippen LogP contribution in [0.5, 0.6) is 0 Å². The molecule has 0 saturated heterocycles. The van der Waals surface area contributed by atoms with E-state index >= 15 is 0 Å². The molecule has 2 aromatic rings. The van der Waals surface area contributed by atoms with Crippen LogP contribution in [0.4, 0.5) is 0 Å². The number of halogens is 1. The highest BCUT2D eigenvalue weighted by molar-refractivity contribution is 9.10. The zero-order valence-corrected chi connectivity index (χ0v) is 14.4. The lowest BCUT2D eigenvalue weighted by Crippen LogP contribution is -2.41. The number of hydrogen-bond acceptors (Lipinski definition) is 5. The molecule has 0 atom stereocenters. The summed E-state index contributed by atoms with van der Waals surface area (Å²) in [5, 5.41) is 11.2. The van der Waals surface area contributed by atoms with Crippen molar-refractivity contribution in [3.63, 3.8) is 0 Å². The summed E-state index contributed by atoms with van der Waals surface area (Å²) < 4.78 is 6.49. The van der Waals surface area contributed by atoms with E-state index in [1.165, 1.54) is 11.8 Å². The number of benzene rings is 1. The molecule has 112 valence electrons. The average Bonchev–Trinajstić information content (AvgIpc) is 2.83. The molecule has 1 aromatic heterocycles. The first kappa shape index (κ1) is 16.0. The van der Waals surface area contributed by atoms with Crippen LogP contribution >= 0.6 is 27.7 Å². The van der Waals surface area contributed by atoms with Gasteiger partial charge in [-0.15, -0.1) is 10.2 Å². The van der Waals surface area contributed by atoms with Crippen LogP contribution < -0.4 is 5.32 Å². The molecule has 5 nitrogen and oxygen atoms in total. The lowest BCUT2D eigenvalue weighted by atomic mass is 10.1. The van der Waals surface area contributed by atoms with Gasteiger partial charge in [0.2, 0.25) is 11.8 Å². The van der Waals surface area contributed by atoms with Crippen molar-refractivity contribution in [3.05, 3.63) is 28.7 Å². The maximum atomic E-state index is 11.7. The van der Waals surface area contributed by atoms with Crippen LogP contribution in [0.15, 0.2) is 38.4 Å². The summed E-state index contributed by atoms with van der Waals surface area (Å²) in [5.41, 5.74) is 0.594. The van der Waals surface area contributed by atoms with Crippen molar-refractivity contribution in [1.82, 2.24) is 15.5 Å². The molecule has 0 spiro atoms. The molecule has 0 bridgehead atoms. The number of aromatic nitrogens is 2. The molecule has 7 heteroatoms. The largest absolute Gasteiger partial charge is 0.411 e. The van der Waals surface area contributed by atoms with E-state index in [1.54, 1.807) is 0 Å². The molecule has 1 amide bonds. The molecule has 0 unspecified atom stereocenters. The number of hydrogen-bond donors (Lipinski definition) is 1. The molecule has 1 aromatic carbocycles. The van der Waals surface area contributed by atoms with Gasteiger partial charge in [-0.05, 0) is 39.0 Å². The van der Waals surface area contributed by atoms with Crippen molar-refractivity contribution >= 4 is 33.6 Å². The molecular weight excluding hydrogens is 354 g/mol. The van der Waals surface area contributed by atoms with E-state index in [-0.39, 0.29) is 17.2 Å². The van der Waals surface area contributed by atoms with Crippen LogP contribution in [0.25, 0.3) is 11.5 Å². The van der Waals surface area contributed by atoms with Crippen molar-refractivity contribution in [2.45, 2.75) is 31.5 Å². The Balaban J connectivity index is 1.96. The number of carbonyl (C=O) groups excluding carboxylic acids is 1. The maximum Gasteiger partial charge on any atom is 0.277 e. The van der Waals surface area contributed by atoms with E-state index in [4.69, 9.17) is 4.42 Å². The fraction of sp³-hybridized carbons (Fsp3) is 0.357. The zero-order chi connectivity index (χ0) is 15.5. The maximum absolute atomic E-state index is 11.7. The Kier molecular flexibility index (Phi) is 5.05. The summed E-state index contributed by atoms with van der Waals surface area (Å²) in [7, 11) is 0. The summed E-state index contributed by atoms with van der Waals surface area (Å²) in [4.78, 5) is 11.7. The van der Waals surface area contributed by atoms with Crippen LogP contribution in [-0.4, -0.2) is 27.4 Å².